The summed E-state index contributed by atoms with van der Waals surface area (Å²) in [5.74, 6) is -1.38. The van der Waals surface area contributed by atoms with Crippen LogP contribution in [0.3, 0.4) is 0 Å². The molecule has 2 atom stereocenters. The Labute approximate surface area is 169 Å². The predicted octanol–water partition coefficient (Wildman–Crippen LogP) is 2.83. The molecule has 0 radical (unpaired) electrons. The fraction of sp³-hybridized carbons (Fsp3) is 0.429. The molecule has 29 heavy (non-hydrogen) atoms. The smallest absolute Gasteiger partial charge is 0.175 e. The number of nitrogens with one attached hydrogen (secondary N) is 1. The number of rotatable bonds is 10. The second kappa shape index (κ2) is 9.30. The van der Waals surface area contributed by atoms with E-state index in [1.54, 1.807) is 12.1 Å². The van der Waals surface area contributed by atoms with Crippen LogP contribution in [0.5, 0.6) is 0 Å². The molecule has 8 heteroatoms. The van der Waals surface area contributed by atoms with Gasteiger partial charge in [0.25, 0.3) is 0 Å². The highest BCUT2D eigenvalue weighted by Crippen LogP contribution is 2.29. The topological polar surface area (TPSA) is 75.6 Å². The van der Waals surface area contributed by atoms with Gasteiger partial charge in [-0.05, 0) is 54.2 Å². The normalized spacial score (nSPS) is 16.6. The summed E-state index contributed by atoms with van der Waals surface area (Å²) in [6.07, 6.45) is 2.62. The van der Waals surface area contributed by atoms with E-state index in [2.05, 4.69) is 5.32 Å². The Morgan fingerprint density at radius 1 is 1.14 bits per heavy atom. The molecular weight excluding hydrogens is 400 g/mol. The fourth-order valence-electron chi connectivity index (χ4n) is 3.01. The predicted molar refractivity (Wildman–Crippen MR) is 105 cm³/mol. The molecule has 0 saturated heterocycles. The number of hydrogen-bond donors (Lipinski definition) is 2. The van der Waals surface area contributed by atoms with Crippen LogP contribution in [-0.2, 0) is 14.6 Å². The lowest BCUT2D eigenvalue weighted by Gasteiger charge is -2.22. The lowest BCUT2D eigenvalue weighted by molar-refractivity contribution is 0.0317. The minimum absolute atomic E-state index is 0.123. The Hall–Kier alpha value is -1.87. The van der Waals surface area contributed by atoms with E-state index >= 15 is 0 Å². The van der Waals surface area contributed by atoms with Gasteiger partial charge in [0.1, 0.15) is 0 Å². The van der Waals surface area contributed by atoms with E-state index < -0.39 is 33.6 Å². The van der Waals surface area contributed by atoms with Gasteiger partial charge in [-0.2, -0.15) is 0 Å². The number of ether oxygens (including phenoxy) is 1. The van der Waals surface area contributed by atoms with Crippen molar-refractivity contribution in [3.63, 3.8) is 0 Å². The maximum Gasteiger partial charge on any atom is 0.175 e. The molecule has 0 bridgehead atoms. The molecule has 0 aliphatic heterocycles. The van der Waals surface area contributed by atoms with E-state index in [4.69, 9.17) is 4.74 Å². The van der Waals surface area contributed by atoms with Crippen LogP contribution in [0.25, 0.3) is 0 Å². The number of halogens is 2. The van der Waals surface area contributed by atoms with Crippen molar-refractivity contribution in [2.24, 2.45) is 5.92 Å². The highest BCUT2D eigenvalue weighted by molar-refractivity contribution is 7.90. The van der Waals surface area contributed by atoms with Gasteiger partial charge >= 0.3 is 0 Å². The summed E-state index contributed by atoms with van der Waals surface area (Å²) in [5, 5.41) is 13.3. The minimum Gasteiger partial charge on any atom is -0.389 e. The Balaban J connectivity index is 1.78. The molecule has 1 aliphatic carbocycles. The molecule has 2 aromatic carbocycles. The Morgan fingerprint density at radius 2 is 1.86 bits per heavy atom. The first-order valence-corrected chi connectivity index (χ1v) is 11.4. The van der Waals surface area contributed by atoms with Crippen LogP contribution in [0, 0.1) is 17.6 Å². The first-order chi connectivity index (χ1) is 13.7. The largest absolute Gasteiger partial charge is 0.389 e. The molecule has 3 rings (SSSR count). The molecule has 0 aromatic heterocycles. The van der Waals surface area contributed by atoms with E-state index in [1.807, 2.05) is 0 Å². The molecule has 0 amide bonds. The molecule has 0 heterocycles. The van der Waals surface area contributed by atoms with Crippen molar-refractivity contribution in [3.05, 3.63) is 65.2 Å². The van der Waals surface area contributed by atoms with Crippen LogP contribution in [0.2, 0.25) is 0 Å². The summed E-state index contributed by atoms with van der Waals surface area (Å²) >= 11 is 0. The van der Waals surface area contributed by atoms with Crippen LogP contribution in [0.4, 0.5) is 8.78 Å². The van der Waals surface area contributed by atoms with Crippen molar-refractivity contribution in [1.82, 2.24) is 5.32 Å². The molecule has 1 fully saturated rings. The number of aliphatic hydroxyl groups excluding tert-OH is 1. The average molecular weight is 425 g/mol. The third-order valence-electron chi connectivity index (χ3n) is 4.81. The Kier molecular flexibility index (Phi) is 7.00. The molecule has 0 spiro atoms. The van der Waals surface area contributed by atoms with Gasteiger partial charge in [-0.1, -0.05) is 18.2 Å². The van der Waals surface area contributed by atoms with Gasteiger partial charge in [-0.3, -0.25) is 0 Å². The number of benzene rings is 2. The maximum absolute atomic E-state index is 13.8. The maximum atomic E-state index is 13.8. The number of aliphatic hydroxyl groups is 1. The fourth-order valence-corrected chi connectivity index (χ4v) is 3.69. The van der Waals surface area contributed by atoms with E-state index in [1.165, 1.54) is 18.2 Å². The van der Waals surface area contributed by atoms with Crippen LogP contribution in [-0.4, -0.2) is 45.6 Å². The van der Waals surface area contributed by atoms with Crippen LogP contribution in [0.1, 0.15) is 30.0 Å². The second-order valence-electron chi connectivity index (χ2n) is 7.49. The van der Waals surface area contributed by atoms with Crippen LogP contribution in [0.15, 0.2) is 47.4 Å². The zero-order chi connectivity index (χ0) is 21.0. The molecular formula is C21H25F2NO4S. The SMILES string of the molecule is CS(=O)(=O)c1cccc(C(NCC(O)COCC2CC2)c2ccc(F)c(F)c2)c1. The second-order valence-corrected chi connectivity index (χ2v) is 9.51. The number of hydrogen-bond acceptors (Lipinski definition) is 5. The summed E-state index contributed by atoms with van der Waals surface area (Å²) in [7, 11) is -3.43. The summed E-state index contributed by atoms with van der Waals surface area (Å²) < 4.78 is 56.5. The first-order valence-electron chi connectivity index (χ1n) is 9.48. The molecule has 2 N–H and O–H groups in total. The number of sulfone groups is 1. The zero-order valence-corrected chi connectivity index (χ0v) is 17.0. The van der Waals surface area contributed by atoms with Gasteiger partial charge in [-0.15, -0.1) is 0 Å². The van der Waals surface area contributed by atoms with Gasteiger partial charge in [0.2, 0.25) is 0 Å². The van der Waals surface area contributed by atoms with Gasteiger partial charge in [0, 0.05) is 19.4 Å². The first kappa shape index (κ1) is 21.8. The van der Waals surface area contributed by atoms with Crippen molar-refractivity contribution in [1.29, 1.82) is 0 Å². The molecule has 1 saturated carbocycles. The average Bonchev–Trinajstić information content (AvgIpc) is 3.49. The lowest BCUT2D eigenvalue weighted by Crippen LogP contribution is -2.34. The van der Waals surface area contributed by atoms with Crippen LogP contribution >= 0.6 is 0 Å². The van der Waals surface area contributed by atoms with Gasteiger partial charge in [0.05, 0.1) is 23.6 Å². The molecule has 158 valence electrons. The Morgan fingerprint density at radius 3 is 2.52 bits per heavy atom. The molecule has 1 aliphatic rings. The summed E-state index contributed by atoms with van der Waals surface area (Å²) in [6.45, 7) is 0.925. The van der Waals surface area contributed by atoms with Crippen molar-refractivity contribution < 1.29 is 27.0 Å². The third kappa shape index (κ3) is 6.30. The van der Waals surface area contributed by atoms with Gasteiger partial charge in [-0.25, -0.2) is 17.2 Å². The minimum atomic E-state index is -3.43. The van der Waals surface area contributed by atoms with E-state index in [0.29, 0.717) is 23.7 Å². The zero-order valence-electron chi connectivity index (χ0n) is 16.1. The monoisotopic (exact) mass is 425 g/mol. The van der Waals surface area contributed by atoms with Crippen molar-refractivity contribution in [3.8, 4) is 0 Å². The quantitative estimate of drug-likeness (QED) is 0.612. The van der Waals surface area contributed by atoms with Crippen LogP contribution < -0.4 is 5.32 Å². The highest BCUT2D eigenvalue weighted by atomic mass is 32.2. The van der Waals surface area contributed by atoms with Gasteiger partial charge < -0.3 is 15.2 Å². The van der Waals surface area contributed by atoms with E-state index in [0.717, 1.165) is 31.2 Å². The van der Waals surface area contributed by atoms with Crippen molar-refractivity contribution in [2.75, 3.05) is 26.0 Å². The molecule has 2 aromatic rings. The molecule has 5 nitrogen and oxygen atoms in total. The Bertz CT molecular complexity index is 947. The molecule has 2 unspecified atom stereocenters. The van der Waals surface area contributed by atoms with Gasteiger partial charge in [0.15, 0.2) is 21.5 Å². The van der Waals surface area contributed by atoms with E-state index in [-0.39, 0.29) is 18.0 Å². The lowest BCUT2D eigenvalue weighted by atomic mass is 9.98. The van der Waals surface area contributed by atoms with Crippen molar-refractivity contribution >= 4 is 9.84 Å². The summed E-state index contributed by atoms with van der Waals surface area (Å²) in [4.78, 5) is 0.123. The summed E-state index contributed by atoms with van der Waals surface area (Å²) in [5.41, 5.74) is 0.977. The summed E-state index contributed by atoms with van der Waals surface area (Å²) in [6, 6.07) is 9.14. The third-order valence-corrected chi connectivity index (χ3v) is 5.93. The highest BCUT2D eigenvalue weighted by Gasteiger charge is 2.22. The van der Waals surface area contributed by atoms with Crippen molar-refractivity contribution in [2.45, 2.75) is 29.9 Å². The van der Waals surface area contributed by atoms with E-state index in [9.17, 15) is 22.3 Å². The standard InChI is InChI=1S/C21H25F2NO4S/c1-29(26,27)18-4-2-3-15(9-18)21(16-7-8-19(22)20(23)10-16)24-11-17(25)13-28-12-14-5-6-14/h2-4,7-10,14,17,21,24-25H,5-6,11-13H2,1H3.